The maximum Gasteiger partial charge on any atom is 0.0104 e. The summed E-state index contributed by atoms with van der Waals surface area (Å²) < 4.78 is 0. The van der Waals surface area contributed by atoms with Crippen molar-refractivity contribution in [2.75, 3.05) is 59.4 Å². The van der Waals surface area contributed by atoms with Gasteiger partial charge in [0.05, 0.1) is 0 Å². The molecule has 0 saturated carbocycles. The molecule has 0 bridgehead atoms. The van der Waals surface area contributed by atoms with E-state index >= 15 is 0 Å². The van der Waals surface area contributed by atoms with Crippen LogP contribution in [0.3, 0.4) is 0 Å². The second-order valence-electron chi connectivity index (χ2n) is 3.55. The van der Waals surface area contributed by atoms with Crippen LogP contribution in [0.5, 0.6) is 0 Å². The van der Waals surface area contributed by atoms with Gasteiger partial charge in [-0.3, -0.25) is 0 Å². The summed E-state index contributed by atoms with van der Waals surface area (Å²) >= 11 is 0. The van der Waals surface area contributed by atoms with Crippen LogP contribution in [0.15, 0.2) is 0 Å². The molecule has 13 heavy (non-hydrogen) atoms. The molecule has 0 aromatic rings. The molecule has 1 heterocycles. The molecule has 0 aromatic heterocycles. The molecule has 3 N–H and O–H groups in total. The second kappa shape index (κ2) is 7.26. The zero-order valence-corrected chi connectivity index (χ0v) is 8.60. The minimum absolute atomic E-state index is 1.07. The van der Waals surface area contributed by atoms with E-state index in [9.17, 15) is 0 Å². The molecule has 4 nitrogen and oxygen atoms in total. The van der Waals surface area contributed by atoms with Gasteiger partial charge >= 0.3 is 0 Å². The van der Waals surface area contributed by atoms with Crippen molar-refractivity contribution in [2.24, 2.45) is 0 Å². The van der Waals surface area contributed by atoms with Crippen molar-refractivity contribution in [3.8, 4) is 0 Å². The Morgan fingerprint density at radius 3 is 1.54 bits per heavy atom. The Bertz CT molecular complexity index is 106. The van der Waals surface area contributed by atoms with Gasteiger partial charge < -0.3 is 20.9 Å². The minimum Gasteiger partial charge on any atom is -0.314 e. The van der Waals surface area contributed by atoms with E-state index < -0.39 is 0 Å². The second-order valence-corrected chi connectivity index (χ2v) is 3.55. The van der Waals surface area contributed by atoms with E-state index in [2.05, 4.69) is 27.9 Å². The predicted octanol–water partition coefficient (Wildman–Crippen LogP) is -1.30. The van der Waals surface area contributed by atoms with Crippen LogP contribution in [-0.4, -0.2) is 64.3 Å². The summed E-state index contributed by atoms with van der Waals surface area (Å²) in [5.74, 6) is 0. The van der Waals surface area contributed by atoms with Crippen molar-refractivity contribution in [1.29, 1.82) is 0 Å². The fourth-order valence-electron chi connectivity index (χ4n) is 1.38. The molecule has 78 valence electrons. The van der Waals surface area contributed by atoms with Crippen LogP contribution in [-0.2, 0) is 0 Å². The van der Waals surface area contributed by atoms with Gasteiger partial charge in [0.25, 0.3) is 0 Å². The first-order valence-electron chi connectivity index (χ1n) is 5.20. The molecule has 0 unspecified atom stereocenters. The molecule has 1 saturated heterocycles. The third kappa shape index (κ3) is 5.99. The molecule has 1 fully saturated rings. The smallest absolute Gasteiger partial charge is 0.0104 e. The van der Waals surface area contributed by atoms with Gasteiger partial charge in [-0.15, -0.1) is 0 Å². The van der Waals surface area contributed by atoms with Gasteiger partial charge in [0, 0.05) is 52.4 Å². The van der Waals surface area contributed by atoms with Crippen molar-refractivity contribution in [1.82, 2.24) is 20.9 Å². The molecule has 0 radical (unpaired) electrons. The topological polar surface area (TPSA) is 39.3 Å². The standard InChI is InChI=1S/C9H22N4/c1-13-8-6-11-4-2-10-3-5-12-7-9-13/h10-12H,2-9H2,1H3. The lowest BCUT2D eigenvalue weighted by molar-refractivity contribution is 0.326. The molecule has 0 aliphatic carbocycles. The predicted molar refractivity (Wildman–Crippen MR) is 56.1 cm³/mol. The monoisotopic (exact) mass is 186 g/mol. The summed E-state index contributed by atoms with van der Waals surface area (Å²) in [5, 5.41) is 10.2. The summed E-state index contributed by atoms with van der Waals surface area (Å²) in [6, 6.07) is 0. The third-order valence-electron chi connectivity index (χ3n) is 2.30. The number of hydrogen-bond donors (Lipinski definition) is 3. The number of rotatable bonds is 0. The van der Waals surface area contributed by atoms with Crippen molar-refractivity contribution < 1.29 is 0 Å². The lowest BCUT2D eigenvalue weighted by atomic mass is 10.4. The van der Waals surface area contributed by atoms with Gasteiger partial charge in [-0.05, 0) is 7.05 Å². The molecule has 1 rings (SSSR count). The van der Waals surface area contributed by atoms with Crippen molar-refractivity contribution in [3.63, 3.8) is 0 Å². The van der Waals surface area contributed by atoms with Crippen molar-refractivity contribution in [2.45, 2.75) is 0 Å². The molecular formula is C9H22N4. The van der Waals surface area contributed by atoms with Crippen LogP contribution in [0.25, 0.3) is 0 Å². The molecule has 1 aliphatic heterocycles. The summed E-state index contributed by atoms with van der Waals surface area (Å²) in [7, 11) is 2.17. The van der Waals surface area contributed by atoms with Crippen LogP contribution in [0.2, 0.25) is 0 Å². The van der Waals surface area contributed by atoms with E-state index in [-0.39, 0.29) is 0 Å². The zero-order chi connectivity index (χ0) is 9.36. The first-order chi connectivity index (χ1) is 6.39. The van der Waals surface area contributed by atoms with Gasteiger partial charge in [-0.25, -0.2) is 0 Å². The highest BCUT2D eigenvalue weighted by Gasteiger charge is 1.98. The quantitative estimate of drug-likeness (QED) is 0.440. The molecule has 1 aliphatic rings. The molecule has 0 atom stereocenters. The van der Waals surface area contributed by atoms with Crippen molar-refractivity contribution in [3.05, 3.63) is 0 Å². The number of nitrogens with one attached hydrogen (secondary N) is 3. The van der Waals surface area contributed by atoms with Gasteiger partial charge in [-0.2, -0.15) is 0 Å². The SMILES string of the molecule is CN1CCNCCNCCNCC1. The first-order valence-corrected chi connectivity index (χ1v) is 5.20. The fraction of sp³-hybridized carbons (Fsp3) is 1.00. The Hall–Kier alpha value is -0.160. The lowest BCUT2D eigenvalue weighted by Crippen LogP contribution is -2.40. The average Bonchev–Trinajstić information content (AvgIpc) is 2.11. The van der Waals surface area contributed by atoms with Crippen LogP contribution < -0.4 is 16.0 Å². The van der Waals surface area contributed by atoms with Crippen LogP contribution in [0.1, 0.15) is 0 Å². The number of likely N-dealkylation sites (N-methyl/N-ethyl adjacent to an activating group) is 1. The van der Waals surface area contributed by atoms with E-state index in [1.165, 1.54) is 0 Å². The number of nitrogens with zero attached hydrogens (tertiary/aromatic N) is 1. The largest absolute Gasteiger partial charge is 0.314 e. The van der Waals surface area contributed by atoms with E-state index in [4.69, 9.17) is 0 Å². The van der Waals surface area contributed by atoms with Gasteiger partial charge in [0.1, 0.15) is 0 Å². The number of hydrogen-bond acceptors (Lipinski definition) is 4. The lowest BCUT2D eigenvalue weighted by Gasteiger charge is -2.18. The third-order valence-corrected chi connectivity index (χ3v) is 2.30. The van der Waals surface area contributed by atoms with Gasteiger partial charge in [-0.1, -0.05) is 0 Å². The van der Waals surface area contributed by atoms with E-state index in [0.29, 0.717) is 0 Å². The zero-order valence-electron chi connectivity index (χ0n) is 8.60. The van der Waals surface area contributed by atoms with Crippen molar-refractivity contribution >= 4 is 0 Å². The highest BCUT2D eigenvalue weighted by molar-refractivity contribution is 4.61. The minimum atomic E-state index is 1.07. The van der Waals surface area contributed by atoms with E-state index in [1.807, 2.05) is 0 Å². The molecule has 0 spiro atoms. The molecular weight excluding hydrogens is 164 g/mol. The highest BCUT2D eigenvalue weighted by atomic mass is 15.1. The first kappa shape index (κ1) is 10.9. The summed E-state index contributed by atoms with van der Waals surface area (Å²) in [6.07, 6.45) is 0. The Morgan fingerprint density at radius 2 is 1.08 bits per heavy atom. The molecule has 4 heteroatoms. The Labute approximate surface area is 81.1 Å². The van der Waals surface area contributed by atoms with Crippen LogP contribution in [0.4, 0.5) is 0 Å². The van der Waals surface area contributed by atoms with E-state index in [1.54, 1.807) is 0 Å². The summed E-state index contributed by atoms with van der Waals surface area (Å²) in [5.41, 5.74) is 0. The fourth-order valence-corrected chi connectivity index (χ4v) is 1.38. The van der Waals surface area contributed by atoms with Crippen LogP contribution >= 0.6 is 0 Å². The normalized spacial score (nSPS) is 24.7. The molecule has 0 aromatic carbocycles. The Balaban J connectivity index is 2.11. The molecule has 0 amide bonds. The van der Waals surface area contributed by atoms with Crippen LogP contribution in [0, 0.1) is 0 Å². The highest BCUT2D eigenvalue weighted by Crippen LogP contribution is 1.79. The maximum absolute atomic E-state index is 3.41. The van der Waals surface area contributed by atoms with Gasteiger partial charge in [0.15, 0.2) is 0 Å². The summed E-state index contributed by atoms with van der Waals surface area (Å²) in [6.45, 7) is 8.78. The van der Waals surface area contributed by atoms with Gasteiger partial charge in [0.2, 0.25) is 0 Å². The van der Waals surface area contributed by atoms with E-state index in [0.717, 1.165) is 52.4 Å². The Morgan fingerprint density at radius 1 is 0.692 bits per heavy atom. The average molecular weight is 186 g/mol. The Kier molecular flexibility index (Phi) is 6.10. The maximum atomic E-state index is 3.41. The summed E-state index contributed by atoms with van der Waals surface area (Å²) in [4.78, 5) is 2.36.